The Bertz CT molecular complexity index is 673. The molecule has 1 aromatic carbocycles. The summed E-state index contributed by atoms with van der Waals surface area (Å²) < 4.78 is 10.3. The summed E-state index contributed by atoms with van der Waals surface area (Å²) in [6, 6.07) is 7.82. The van der Waals surface area contributed by atoms with Crippen molar-refractivity contribution >= 4 is 11.1 Å². The Hall–Kier alpha value is -2.06. The molecule has 0 spiro atoms. The minimum Gasteiger partial charge on any atom is -0.408 e. The maximum absolute atomic E-state index is 11.1. The summed E-state index contributed by atoms with van der Waals surface area (Å²) >= 11 is 0. The molecule has 2 heterocycles. The first kappa shape index (κ1) is 11.1. The van der Waals surface area contributed by atoms with Crippen molar-refractivity contribution < 1.29 is 9.15 Å². The molecule has 92 valence electrons. The molecular formula is C13H12N2O3. The second kappa shape index (κ2) is 4.00. The molecule has 0 amide bonds. The number of rotatable bonds is 3. The Balaban J connectivity index is 2.02. The molecule has 0 bridgehead atoms. The topological polar surface area (TPSA) is 79.0 Å². The summed E-state index contributed by atoms with van der Waals surface area (Å²) in [6.07, 6.45) is 1.28. The Labute approximate surface area is 103 Å². The number of hydrogen-bond acceptors (Lipinski definition) is 4. The van der Waals surface area contributed by atoms with Crippen LogP contribution >= 0.6 is 0 Å². The number of ether oxygens (including phenoxy) is 1. The molecule has 1 aromatic heterocycles. The monoisotopic (exact) mass is 244 g/mol. The van der Waals surface area contributed by atoms with Crippen LogP contribution in [0.25, 0.3) is 11.1 Å². The summed E-state index contributed by atoms with van der Waals surface area (Å²) in [5.74, 6) is -0.446. The number of hydrogen-bond donors (Lipinski definition) is 1. The number of fused-ring (bicyclic) bond motifs is 1. The van der Waals surface area contributed by atoms with Gasteiger partial charge >= 0.3 is 5.76 Å². The number of oxazole rings is 1. The van der Waals surface area contributed by atoms with E-state index in [4.69, 9.17) is 14.4 Å². The first-order valence-corrected chi connectivity index (χ1v) is 5.82. The van der Waals surface area contributed by atoms with E-state index in [0.29, 0.717) is 30.7 Å². The molecule has 1 saturated heterocycles. The van der Waals surface area contributed by atoms with Gasteiger partial charge in [-0.05, 0) is 24.1 Å². The second-order valence-corrected chi connectivity index (χ2v) is 4.66. The Morgan fingerprint density at radius 2 is 2.28 bits per heavy atom. The van der Waals surface area contributed by atoms with E-state index in [1.54, 1.807) is 6.07 Å². The molecule has 2 aromatic rings. The van der Waals surface area contributed by atoms with Gasteiger partial charge in [-0.25, -0.2) is 4.79 Å². The average Bonchev–Trinajstić information content (AvgIpc) is 2.67. The predicted octanol–water partition coefficient (Wildman–Crippen LogP) is 1.69. The smallest absolute Gasteiger partial charge is 0.408 e. The first-order chi connectivity index (χ1) is 8.73. The van der Waals surface area contributed by atoms with Gasteiger partial charge < -0.3 is 9.15 Å². The van der Waals surface area contributed by atoms with Crippen LogP contribution in [0.5, 0.6) is 0 Å². The van der Waals surface area contributed by atoms with E-state index in [0.717, 1.165) is 12.0 Å². The van der Waals surface area contributed by atoms with Crippen LogP contribution in [0.3, 0.4) is 0 Å². The number of nitrogens with zero attached hydrogens (tertiary/aromatic N) is 1. The van der Waals surface area contributed by atoms with Crippen molar-refractivity contribution in [3.8, 4) is 6.07 Å². The largest absolute Gasteiger partial charge is 0.417 e. The van der Waals surface area contributed by atoms with Gasteiger partial charge in [0, 0.05) is 11.8 Å². The first-order valence-electron chi connectivity index (χ1n) is 5.82. The lowest BCUT2D eigenvalue weighted by atomic mass is 9.75. The molecule has 3 rings (SSSR count). The fourth-order valence-electron chi connectivity index (χ4n) is 2.38. The van der Waals surface area contributed by atoms with Gasteiger partial charge in [0.05, 0.1) is 24.8 Å². The summed E-state index contributed by atoms with van der Waals surface area (Å²) in [5, 5.41) is 8.72. The molecular weight excluding hydrogens is 232 g/mol. The van der Waals surface area contributed by atoms with E-state index in [1.807, 2.05) is 12.1 Å². The molecule has 1 aliphatic heterocycles. The van der Waals surface area contributed by atoms with Crippen LogP contribution in [0.1, 0.15) is 18.4 Å². The van der Waals surface area contributed by atoms with Gasteiger partial charge in [-0.15, -0.1) is 0 Å². The van der Waals surface area contributed by atoms with Gasteiger partial charge in [0.25, 0.3) is 0 Å². The van der Waals surface area contributed by atoms with Crippen LogP contribution in [0.4, 0.5) is 0 Å². The zero-order chi connectivity index (χ0) is 12.6. The standard InChI is InChI=1S/C13H12N2O3/c14-5-1-4-13(7-17-8-13)9-2-3-11-10(6-9)15-12(16)18-11/h2-3,6H,1,4,7-8H2,(H,15,16). The SMILES string of the molecule is N#CCCC1(c2ccc3oc(=O)[nH]c3c2)COC1. The Kier molecular flexibility index (Phi) is 2.46. The second-order valence-electron chi connectivity index (χ2n) is 4.66. The van der Waals surface area contributed by atoms with Crippen molar-refractivity contribution in [2.24, 2.45) is 0 Å². The van der Waals surface area contributed by atoms with Crippen molar-refractivity contribution in [3.05, 3.63) is 34.3 Å². The highest BCUT2D eigenvalue weighted by molar-refractivity contribution is 5.73. The molecule has 0 unspecified atom stereocenters. The third kappa shape index (κ3) is 1.62. The molecule has 18 heavy (non-hydrogen) atoms. The third-order valence-corrected chi connectivity index (χ3v) is 3.50. The predicted molar refractivity (Wildman–Crippen MR) is 64.2 cm³/mol. The van der Waals surface area contributed by atoms with Gasteiger partial charge in [0.1, 0.15) is 0 Å². The maximum atomic E-state index is 11.1. The molecule has 5 nitrogen and oxygen atoms in total. The zero-order valence-electron chi connectivity index (χ0n) is 9.73. The highest BCUT2D eigenvalue weighted by Crippen LogP contribution is 2.37. The van der Waals surface area contributed by atoms with E-state index in [1.165, 1.54) is 0 Å². The van der Waals surface area contributed by atoms with Gasteiger partial charge in [-0.1, -0.05) is 6.07 Å². The highest BCUT2D eigenvalue weighted by atomic mass is 16.5. The summed E-state index contributed by atoms with van der Waals surface area (Å²) in [6.45, 7) is 1.25. The number of benzene rings is 1. The number of aromatic nitrogens is 1. The van der Waals surface area contributed by atoms with E-state index in [9.17, 15) is 4.79 Å². The van der Waals surface area contributed by atoms with E-state index < -0.39 is 5.76 Å². The Morgan fingerprint density at radius 1 is 1.44 bits per heavy atom. The van der Waals surface area contributed by atoms with Crippen LogP contribution in [0.15, 0.2) is 27.4 Å². The summed E-state index contributed by atoms with van der Waals surface area (Å²) in [4.78, 5) is 13.8. The molecule has 0 aliphatic carbocycles. The third-order valence-electron chi connectivity index (χ3n) is 3.50. The fraction of sp³-hybridized carbons (Fsp3) is 0.385. The zero-order valence-corrected chi connectivity index (χ0v) is 9.73. The van der Waals surface area contributed by atoms with Crippen molar-refractivity contribution in [3.63, 3.8) is 0 Å². The quantitative estimate of drug-likeness (QED) is 0.891. The van der Waals surface area contributed by atoms with Crippen molar-refractivity contribution in [1.29, 1.82) is 5.26 Å². The highest BCUT2D eigenvalue weighted by Gasteiger charge is 2.40. The maximum Gasteiger partial charge on any atom is 0.417 e. The lowest BCUT2D eigenvalue weighted by Gasteiger charge is -2.41. The van der Waals surface area contributed by atoms with E-state index >= 15 is 0 Å². The van der Waals surface area contributed by atoms with Crippen LogP contribution in [-0.4, -0.2) is 18.2 Å². The molecule has 0 saturated carbocycles. The van der Waals surface area contributed by atoms with Crippen LogP contribution < -0.4 is 5.76 Å². The lowest BCUT2D eigenvalue weighted by Crippen LogP contribution is -2.46. The fourth-order valence-corrected chi connectivity index (χ4v) is 2.38. The number of nitriles is 1. The number of H-pyrrole nitrogens is 1. The minimum atomic E-state index is -0.446. The number of nitrogens with one attached hydrogen (secondary N) is 1. The summed E-state index contributed by atoms with van der Waals surface area (Å²) in [5.41, 5.74) is 2.26. The lowest BCUT2D eigenvalue weighted by molar-refractivity contribution is -0.0636. The van der Waals surface area contributed by atoms with Gasteiger partial charge in [-0.2, -0.15) is 5.26 Å². The van der Waals surface area contributed by atoms with E-state index in [-0.39, 0.29) is 5.41 Å². The normalized spacial score (nSPS) is 17.3. The molecule has 5 heteroatoms. The molecule has 0 radical (unpaired) electrons. The molecule has 1 N–H and O–H groups in total. The van der Waals surface area contributed by atoms with Crippen LogP contribution in [-0.2, 0) is 10.2 Å². The molecule has 0 atom stereocenters. The van der Waals surface area contributed by atoms with Crippen molar-refractivity contribution in [2.75, 3.05) is 13.2 Å². The van der Waals surface area contributed by atoms with Gasteiger partial charge in [-0.3, -0.25) is 4.98 Å². The van der Waals surface area contributed by atoms with Gasteiger partial charge in [0.15, 0.2) is 5.58 Å². The average molecular weight is 244 g/mol. The van der Waals surface area contributed by atoms with Gasteiger partial charge in [0.2, 0.25) is 0 Å². The molecule has 1 fully saturated rings. The van der Waals surface area contributed by atoms with E-state index in [2.05, 4.69) is 11.1 Å². The van der Waals surface area contributed by atoms with Crippen LogP contribution in [0, 0.1) is 11.3 Å². The Morgan fingerprint density at radius 3 is 2.94 bits per heavy atom. The van der Waals surface area contributed by atoms with Crippen LogP contribution in [0.2, 0.25) is 0 Å². The minimum absolute atomic E-state index is 0.0852. The van der Waals surface area contributed by atoms with Crippen molar-refractivity contribution in [2.45, 2.75) is 18.3 Å². The molecule has 1 aliphatic rings. The number of aromatic amines is 1. The summed E-state index contributed by atoms with van der Waals surface area (Å²) in [7, 11) is 0. The van der Waals surface area contributed by atoms with Crippen molar-refractivity contribution in [1.82, 2.24) is 4.98 Å².